The molecule has 1 amide bonds. The molecule has 3 rings (SSSR count). The maximum atomic E-state index is 11.6. The summed E-state index contributed by atoms with van der Waals surface area (Å²) in [6, 6.07) is 6.08. The number of fused-ring (bicyclic) bond motifs is 1. The van der Waals surface area contributed by atoms with E-state index in [0.29, 0.717) is 11.6 Å². The van der Waals surface area contributed by atoms with Crippen molar-refractivity contribution in [3.05, 3.63) is 29.1 Å². The molecule has 1 aliphatic heterocycles. The Morgan fingerprint density at radius 2 is 2.16 bits per heavy atom. The molecule has 0 saturated carbocycles. The molecule has 2 heterocycles. The van der Waals surface area contributed by atoms with Crippen LogP contribution in [0, 0.1) is 0 Å². The van der Waals surface area contributed by atoms with Gasteiger partial charge in [0.1, 0.15) is 0 Å². The summed E-state index contributed by atoms with van der Waals surface area (Å²) in [6.07, 6.45) is 1.37. The summed E-state index contributed by atoms with van der Waals surface area (Å²) in [7, 11) is 1.82. The molecule has 0 saturated heterocycles. The molecule has 1 aromatic heterocycles. The minimum Gasteiger partial charge on any atom is -0.375 e. The summed E-state index contributed by atoms with van der Waals surface area (Å²) < 4.78 is 0. The van der Waals surface area contributed by atoms with Crippen molar-refractivity contribution in [1.82, 2.24) is 4.98 Å². The number of thiazole rings is 1. The molecule has 4 nitrogen and oxygen atoms in total. The quantitative estimate of drug-likeness (QED) is 0.880. The molecule has 6 heteroatoms. The number of anilines is 2. The van der Waals surface area contributed by atoms with Crippen molar-refractivity contribution in [2.45, 2.75) is 12.8 Å². The molecule has 2 N–H and O–H groups in total. The predicted octanol–water partition coefficient (Wildman–Crippen LogP) is 2.72. The Balaban J connectivity index is 0.00000133. The van der Waals surface area contributed by atoms with Crippen molar-refractivity contribution < 1.29 is 4.79 Å². The Hall–Kier alpha value is -1.59. The van der Waals surface area contributed by atoms with E-state index in [9.17, 15) is 4.79 Å². The van der Waals surface area contributed by atoms with Gasteiger partial charge in [0.05, 0.1) is 5.69 Å². The molecule has 1 aromatic carbocycles. The number of carbonyl (C=O) groups is 1. The lowest BCUT2D eigenvalue weighted by molar-refractivity contribution is -0.118. The van der Waals surface area contributed by atoms with Gasteiger partial charge in [-0.2, -0.15) is 0 Å². The van der Waals surface area contributed by atoms with E-state index in [1.54, 1.807) is 4.90 Å². The van der Waals surface area contributed by atoms with Crippen LogP contribution in [0.3, 0.4) is 0 Å². The van der Waals surface area contributed by atoms with E-state index in [0.717, 1.165) is 23.4 Å². The van der Waals surface area contributed by atoms with Crippen molar-refractivity contribution >= 4 is 40.5 Å². The van der Waals surface area contributed by atoms with Crippen molar-refractivity contribution in [1.29, 1.82) is 0 Å². The summed E-state index contributed by atoms with van der Waals surface area (Å²) in [5.74, 6) is 0.174. The summed E-state index contributed by atoms with van der Waals surface area (Å²) in [5.41, 5.74) is 9.80. The summed E-state index contributed by atoms with van der Waals surface area (Å²) in [4.78, 5) is 17.6. The topological polar surface area (TPSA) is 59.2 Å². The van der Waals surface area contributed by atoms with Gasteiger partial charge in [0.2, 0.25) is 5.91 Å². The minimum absolute atomic E-state index is 0. The number of rotatable bonds is 1. The average Bonchev–Trinajstić information content (AvgIpc) is 2.80. The molecule has 0 atom stereocenters. The zero-order valence-corrected chi connectivity index (χ0v) is 12.1. The fourth-order valence-corrected chi connectivity index (χ4v) is 2.81. The van der Waals surface area contributed by atoms with Gasteiger partial charge in [0, 0.05) is 30.1 Å². The third kappa shape index (κ3) is 2.43. The van der Waals surface area contributed by atoms with Crippen LogP contribution in [-0.4, -0.2) is 17.9 Å². The van der Waals surface area contributed by atoms with Crippen molar-refractivity contribution in [2.75, 3.05) is 17.7 Å². The molecule has 0 unspecified atom stereocenters. The van der Waals surface area contributed by atoms with Gasteiger partial charge in [-0.1, -0.05) is 6.07 Å². The summed E-state index contributed by atoms with van der Waals surface area (Å²) in [6.45, 7) is 0. The number of carbonyl (C=O) groups excluding carboxylic acids is 1. The third-order valence-electron chi connectivity index (χ3n) is 3.24. The number of halogens is 1. The molecule has 0 aliphatic carbocycles. The van der Waals surface area contributed by atoms with Crippen molar-refractivity contribution in [3.8, 4) is 11.3 Å². The predicted molar refractivity (Wildman–Crippen MR) is 80.9 cm³/mol. The number of benzene rings is 1. The van der Waals surface area contributed by atoms with E-state index in [1.807, 2.05) is 24.6 Å². The first-order valence-electron chi connectivity index (χ1n) is 5.76. The first-order valence-corrected chi connectivity index (χ1v) is 6.64. The number of aryl methyl sites for hydroxylation is 1. The van der Waals surface area contributed by atoms with Gasteiger partial charge in [0.15, 0.2) is 5.13 Å². The zero-order valence-electron chi connectivity index (χ0n) is 10.4. The highest BCUT2D eigenvalue weighted by molar-refractivity contribution is 7.13. The molecule has 0 spiro atoms. The standard InChI is InChI=1S/C13H13N3OS.ClH/c1-16-11-4-2-8(10-7-18-13(14)15-10)6-9(11)3-5-12(16)17;/h2,4,6-7H,3,5H2,1H3,(H2,14,15);1H. The number of nitrogen functional groups attached to an aromatic ring is 1. The second-order valence-electron chi connectivity index (χ2n) is 4.37. The SMILES string of the molecule is CN1C(=O)CCc2cc(-c3csc(N)n3)ccc21.Cl. The highest BCUT2D eigenvalue weighted by atomic mass is 35.5. The third-order valence-corrected chi connectivity index (χ3v) is 3.91. The highest BCUT2D eigenvalue weighted by Crippen LogP contribution is 2.31. The van der Waals surface area contributed by atoms with E-state index >= 15 is 0 Å². The van der Waals surface area contributed by atoms with Crippen LogP contribution in [0.2, 0.25) is 0 Å². The van der Waals surface area contributed by atoms with E-state index in [2.05, 4.69) is 11.1 Å². The Bertz CT molecular complexity index is 626. The molecule has 0 fully saturated rings. The largest absolute Gasteiger partial charge is 0.375 e. The first-order chi connectivity index (χ1) is 8.65. The van der Waals surface area contributed by atoms with Gasteiger partial charge in [-0.05, 0) is 24.1 Å². The van der Waals surface area contributed by atoms with Crippen LogP contribution in [0.4, 0.5) is 10.8 Å². The normalized spacial score (nSPS) is 13.9. The van der Waals surface area contributed by atoms with Gasteiger partial charge < -0.3 is 10.6 Å². The lowest BCUT2D eigenvalue weighted by Gasteiger charge is -2.25. The van der Waals surface area contributed by atoms with Crippen LogP contribution in [0.1, 0.15) is 12.0 Å². The molecular formula is C13H14ClN3OS. The van der Waals surface area contributed by atoms with Gasteiger partial charge in [0.25, 0.3) is 0 Å². The molecule has 19 heavy (non-hydrogen) atoms. The second-order valence-corrected chi connectivity index (χ2v) is 5.26. The fraction of sp³-hybridized carbons (Fsp3) is 0.231. The zero-order chi connectivity index (χ0) is 12.7. The minimum atomic E-state index is 0. The maximum Gasteiger partial charge on any atom is 0.227 e. The van der Waals surface area contributed by atoms with Crippen LogP contribution < -0.4 is 10.6 Å². The molecule has 2 aromatic rings. The molecule has 0 radical (unpaired) electrons. The average molecular weight is 296 g/mol. The smallest absolute Gasteiger partial charge is 0.227 e. The van der Waals surface area contributed by atoms with Gasteiger partial charge in [-0.25, -0.2) is 4.98 Å². The lowest BCUT2D eigenvalue weighted by Crippen LogP contribution is -2.30. The van der Waals surface area contributed by atoms with E-state index in [-0.39, 0.29) is 18.3 Å². The van der Waals surface area contributed by atoms with E-state index in [4.69, 9.17) is 5.73 Å². The first kappa shape index (κ1) is 13.8. The number of aromatic nitrogens is 1. The van der Waals surface area contributed by atoms with Gasteiger partial charge in [-0.3, -0.25) is 4.79 Å². The van der Waals surface area contributed by atoms with Crippen molar-refractivity contribution in [2.24, 2.45) is 0 Å². The Kier molecular flexibility index (Phi) is 3.78. The van der Waals surface area contributed by atoms with E-state index in [1.165, 1.54) is 16.9 Å². The lowest BCUT2D eigenvalue weighted by atomic mass is 9.98. The van der Waals surface area contributed by atoms with Gasteiger partial charge in [-0.15, -0.1) is 23.7 Å². The summed E-state index contributed by atoms with van der Waals surface area (Å²) in [5, 5.41) is 2.53. The Labute approximate surface area is 121 Å². The second kappa shape index (κ2) is 5.19. The van der Waals surface area contributed by atoms with E-state index < -0.39 is 0 Å². The number of hydrogen-bond acceptors (Lipinski definition) is 4. The Morgan fingerprint density at radius 1 is 1.37 bits per heavy atom. The molecule has 100 valence electrons. The van der Waals surface area contributed by atoms with Crippen molar-refractivity contribution in [3.63, 3.8) is 0 Å². The maximum absolute atomic E-state index is 11.6. The fourth-order valence-electron chi connectivity index (χ4n) is 2.24. The van der Waals surface area contributed by atoms with Crippen LogP contribution in [0.25, 0.3) is 11.3 Å². The molecular weight excluding hydrogens is 282 g/mol. The number of hydrogen-bond donors (Lipinski definition) is 1. The van der Waals surface area contributed by atoms with Crippen LogP contribution in [0.15, 0.2) is 23.6 Å². The monoisotopic (exact) mass is 295 g/mol. The number of nitrogens with zero attached hydrogens (tertiary/aromatic N) is 2. The molecule has 0 bridgehead atoms. The number of amides is 1. The Morgan fingerprint density at radius 3 is 2.84 bits per heavy atom. The number of nitrogens with two attached hydrogens (primary N) is 1. The molecule has 1 aliphatic rings. The van der Waals surface area contributed by atoms with Crippen LogP contribution in [0.5, 0.6) is 0 Å². The highest BCUT2D eigenvalue weighted by Gasteiger charge is 2.21. The summed E-state index contributed by atoms with van der Waals surface area (Å²) >= 11 is 1.44. The van der Waals surface area contributed by atoms with Crippen LogP contribution >= 0.6 is 23.7 Å². The van der Waals surface area contributed by atoms with Crippen LogP contribution in [-0.2, 0) is 11.2 Å². The van der Waals surface area contributed by atoms with Gasteiger partial charge >= 0.3 is 0 Å².